The van der Waals surface area contributed by atoms with E-state index in [9.17, 15) is 4.79 Å². The van der Waals surface area contributed by atoms with Crippen molar-refractivity contribution >= 4 is 5.91 Å². The Hall–Kier alpha value is -1.36. The van der Waals surface area contributed by atoms with Crippen molar-refractivity contribution in [3.63, 3.8) is 0 Å². The van der Waals surface area contributed by atoms with Crippen LogP contribution in [0.5, 0.6) is 0 Å². The zero-order chi connectivity index (χ0) is 12.0. The molecule has 90 valence electrons. The van der Waals surface area contributed by atoms with Gasteiger partial charge in [0.1, 0.15) is 0 Å². The van der Waals surface area contributed by atoms with E-state index in [0.717, 1.165) is 18.4 Å². The van der Waals surface area contributed by atoms with Gasteiger partial charge in [-0.2, -0.15) is 5.10 Å². The number of aromatic amines is 1. The van der Waals surface area contributed by atoms with Gasteiger partial charge in [0.25, 0.3) is 0 Å². The Morgan fingerprint density at radius 1 is 1.62 bits per heavy atom. The maximum Gasteiger partial charge on any atom is 0.223 e. The summed E-state index contributed by atoms with van der Waals surface area (Å²) in [6.45, 7) is 4.50. The number of nitrogens with one attached hydrogen (secondary N) is 2. The lowest BCUT2D eigenvalue weighted by atomic mass is 10.0. The van der Waals surface area contributed by atoms with Gasteiger partial charge in [-0.1, -0.05) is 6.92 Å². The number of hydrogen-bond acceptors (Lipinski definition) is 3. The number of carbonyl (C=O) groups excluding carboxylic acids is 1. The monoisotopic (exact) mass is 224 g/mol. The first-order chi connectivity index (χ1) is 7.65. The molecule has 0 radical (unpaired) electrons. The van der Waals surface area contributed by atoms with Gasteiger partial charge in [-0.05, 0) is 26.3 Å². The van der Waals surface area contributed by atoms with Gasteiger partial charge >= 0.3 is 0 Å². The Morgan fingerprint density at radius 3 is 2.94 bits per heavy atom. The van der Waals surface area contributed by atoms with E-state index in [-0.39, 0.29) is 17.9 Å². The maximum absolute atomic E-state index is 11.8. The van der Waals surface area contributed by atoms with Gasteiger partial charge in [0.05, 0.1) is 12.2 Å². The Balaban J connectivity index is 2.39. The molecule has 16 heavy (non-hydrogen) atoms. The predicted octanol–water partition coefficient (Wildman–Crippen LogP) is 0.962. The first-order valence-corrected chi connectivity index (χ1v) is 5.64. The van der Waals surface area contributed by atoms with E-state index in [1.54, 1.807) is 12.4 Å². The average molecular weight is 224 g/mol. The van der Waals surface area contributed by atoms with E-state index in [1.165, 1.54) is 0 Å². The molecule has 0 saturated heterocycles. The van der Waals surface area contributed by atoms with Crippen LogP contribution in [0.4, 0.5) is 0 Å². The molecule has 0 aromatic carbocycles. The third-order valence-electron chi connectivity index (χ3n) is 2.67. The molecule has 1 amide bonds. The minimum absolute atomic E-state index is 0.00780. The smallest absolute Gasteiger partial charge is 0.223 e. The van der Waals surface area contributed by atoms with E-state index in [4.69, 9.17) is 5.73 Å². The van der Waals surface area contributed by atoms with Crippen LogP contribution in [0, 0.1) is 5.92 Å². The number of H-pyrrole nitrogens is 1. The lowest BCUT2D eigenvalue weighted by Gasteiger charge is -2.16. The zero-order valence-electron chi connectivity index (χ0n) is 9.86. The molecule has 1 aromatic rings. The van der Waals surface area contributed by atoms with E-state index in [2.05, 4.69) is 15.5 Å². The summed E-state index contributed by atoms with van der Waals surface area (Å²) < 4.78 is 0. The van der Waals surface area contributed by atoms with Gasteiger partial charge in [0, 0.05) is 17.7 Å². The minimum Gasteiger partial charge on any atom is -0.349 e. The summed E-state index contributed by atoms with van der Waals surface area (Å²) in [7, 11) is 0. The van der Waals surface area contributed by atoms with Crippen LogP contribution in [0.15, 0.2) is 12.4 Å². The lowest BCUT2D eigenvalue weighted by molar-refractivity contribution is -0.125. The fourth-order valence-corrected chi connectivity index (χ4v) is 1.49. The normalized spacial score (nSPS) is 14.4. The second kappa shape index (κ2) is 6.27. The van der Waals surface area contributed by atoms with Crippen LogP contribution in [0.1, 0.15) is 38.3 Å². The van der Waals surface area contributed by atoms with Gasteiger partial charge in [-0.3, -0.25) is 9.89 Å². The molecule has 0 bridgehead atoms. The molecule has 1 heterocycles. The SMILES string of the molecule is CC(CCCN)C(=O)NC(C)c1cn[nH]c1. The van der Waals surface area contributed by atoms with Gasteiger partial charge in [0.2, 0.25) is 5.91 Å². The van der Waals surface area contributed by atoms with E-state index in [1.807, 2.05) is 13.8 Å². The predicted molar refractivity (Wildman–Crippen MR) is 62.6 cm³/mol. The largest absolute Gasteiger partial charge is 0.349 e. The Labute approximate surface area is 95.8 Å². The number of nitrogens with zero attached hydrogens (tertiary/aromatic N) is 1. The van der Waals surface area contributed by atoms with Crippen LogP contribution in [0.2, 0.25) is 0 Å². The molecule has 0 aliphatic rings. The molecule has 0 fully saturated rings. The number of rotatable bonds is 6. The first kappa shape index (κ1) is 12.7. The van der Waals surface area contributed by atoms with E-state index < -0.39 is 0 Å². The molecule has 0 saturated carbocycles. The quantitative estimate of drug-likeness (QED) is 0.673. The molecule has 1 aromatic heterocycles. The Kier molecular flexibility index (Phi) is 4.98. The highest BCUT2D eigenvalue weighted by atomic mass is 16.1. The summed E-state index contributed by atoms with van der Waals surface area (Å²) in [6, 6.07) is -0.00780. The number of aromatic nitrogens is 2. The van der Waals surface area contributed by atoms with Crippen molar-refractivity contribution < 1.29 is 4.79 Å². The molecule has 0 spiro atoms. The average Bonchev–Trinajstić information content (AvgIpc) is 2.79. The molecular formula is C11H20N4O. The summed E-state index contributed by atoms with van der Waals surface area (Å²) >= 11 is 0. The van der Waals surface area contributed by atoms with Gasteiger partial charge in [0.15, 0.2) is 0 Å². The van der Waals surface area contributed by atoms with Crippen molar-refractivity contribution in [2.45, 2.75) is 32.7 Å². The molecule has 0 aliphatic carbocycles. The van der Waals surface area contributed by atoms with Crippen molar-refractivity contribution in [2.24, 2.45) is 11.7 Å². The van der Waals surface area contributed by atoms with Crippen LogP contribution in [-0.4, -0.2) is 22.6 Å². The summed E-state index contributed by atoms with van der Waals surface area (Å²) in [4.78, 5) is 11.8. The van der Waals surface area contributed by atoms with Gasteiger partial charge in [-0.25, -0.2) is 0 Å². The Bertz CT molecular complexity index is 310. The molecule has 5 heteroatoms. The second-order valence-corrected chi connectivity index (χ2v) is 4.09. The number of carbonyl (C=O) groups is 1. The Morgan fingerprint density at radius 2 is 2.38 bits per heavy atom. The van der Waals surface area contributed by atoms with E-state index in [0.29, 0.717) is 6.54 Å². The third kappa shape index (κ3) is 3.66. The van der Waals surface area contributed by atoms with Crippen LogP contribution in [-0.2, 0) is 4.79 Å². The standard InChI is InChI=1S/C11H20N4O/c1-8(4-3-5-12)11(16)15-9(2)10-6-13-14-7-10/h6-9H,3-5,12H2,1-2H3,(H,13,14)(H,15,16). The molecular weight excluding hydrogens is 204 g/mol. The number of nitrogens with two attached hydrogens (primary N) is 1. The number of amides is 1. The molecule has 4 N–H and O–H groups in total. The maximum atomic E-state index is 11.8. The van der Waals surface area contributed by atoms with Gasteiger partial charge in [-0.15, -0.1) is 0 Å². The fraction of sp³-hybridized carbons (Fsp3) is 0.636. The molecule has 2 atom stereocenters. The summed E-state index contributed by atoms with van der Waals surface area (Å²) in [6.07, 6.45) is 5.22. The highest BCUT2D eigenvalue weighted by molar-refractivity contribution is 5.78. The van der Waals surface area contributed by atoms with Crippen molar-refractivity contribution in [1.82, 2.24) is 15.5 Å². The van der Waals surface area contributed by atoms with Crippen LogP contribution in [0.25, 0.3) is 0 Å². The van der Waals surface area contributed by atoms with Gasteiger partial charge < -0.3 is 11.1 Å². The first-order valence-electron chi connectivity index (χ1n) is 5.64. The van der Waals surface area contributed by atoms with E-state index >= 15 is 0 Å². The molecule has 2 unspecified atom stereocenters. The zero-order valence-corrected chi connectivity index (χ0v) is 9.86. The summed E-state index contributed by atoms with van der Waals surface area (Å²) in [5.74, 6) is 0.0834. The van der Waals surface area contributed by atoms with Crippen molar-refractivity contribution in [3.05, 3.63) is 18.0 Å². The van der Waals surface area contributed by atoms with Crippen molar-refractivity contribution in [1.29, 1.82) is 0 Å². The highest BCUT2D eigenvalue weighted by Gasteiger charge is 2.15. The minimum atomic E-state index is -0.00780. The van der Waals surface area contributed by atoms with Crippen LogP contribution < -0.4 is 11.1 Å². The molecule has 0 aliphatic heterocycles. The molecule has 5 nitrogen and oxygen atoms in total. The third-order valence-corrected chi connectivity index (χ3v) is 2.67. The highest BCUT2D eigenvalue weighted by Crippen LogP contribution is 2.12. The molecule has 1 rings (SSSR count). The van der Waals surface area contributed by atoms with Crippen LogP contribution in [0.3, 0.4) is 0 Å². The van der Waals surface area contributed by atoms with Crippen molar-refractivity contribution in [2.75, 3.05) is 6.54 Å². The summed E-state index contributed by atoms with van der Waals surface area (Å²) in [5.41, 5.74) is 6.40. The van der Waals surface area contributed by atoms with Crippen LogP contribution >= 0.6 is 0 Å². The summed E-state index contributed by atoms with van der Waals surface area (Å²) in [5, 5.41) is 9.53. The number of hydrogen-bond donors (Lipinski definition) is 3. The fourth-order valence-electron chi connectivity index (χ4n) is 1.49. The second-order valence-electron chi connectivity index (χ2n) is 4.09. The lowest BCUT2D eigenvalue weighted by Crippen LogP contribution is -2.31. The van der Waals surface area contributed by atoms with Crippen molar-refractivity contribution in [3.8, 4) is 0 Å². The topological polar surface area (TPSA) is 83.8 Å².